The van der Waals surface area contributed by atoms with Crippen molar-refractivity contribution in [1.82, 2.24) is 19.7 Å². The lowest BCUT2D eigenvalue weighted by Crippen LogP contribution is -2.42. The van der Waals surface area contributed by atoms with Crippen LogP contribution in [0.5, 0.6) is 0 Å². The number of rotatable bonds is 7. The summed E-state index contributed by atoms with van der Waals surface area (Å²) in [5.41, 5.74) is 6.81. The first kappa shape index (κ1) is 24.9. The van der Waals surface area contributed by atoms with Crippen LogP contribution in [0, 0.1) is 26.7 Å². The standard InChI is InChI=1S/C31H37N5O/c1-22(26-11-7-5-8-12-26)21-32-30(37)27-17-19-34(20-18-27)31-29(35-23(2)15-16-24(35)3)25(4)33-36(31)28-13-9-6-10-14-28/h5-16,22,27H,17-21H2,1-4H3,(H,32,37). The number of amides is 1. The molecule has 2 aromatic carbocycles. The van der Waals surface area contributed by atoms with E-state index in [0.29, 0.717) is 12.5 Å². The molecule has 0 radical (unpaired) electrons. The first-order chi connectivity index (χ1) is 17.9. The second kappa shape index (κ2) is 10.7. The molecule has 0 aliphatic carbocycles. The molecule has 1 atom stereocenters. The van der Waals surface area contributed by atoms with Gasteiger partial charge in [0, 0.05) is 36.9 Å². The Labute approximate surface area is 219 Å². The summed E-state index contributed by atoms with van der Waals surface area (Å²) in [6, 6.07) is 25.0. The minimum Gasteiger partial charge on any atom is -0.355 e. The molecule has 4 aromatic rings. The van der Waals surface area contributed by atoms with Gasteiger partial charge in [-0.25, -0.2) is 4.68 Å². The quantitative estimate of drug-likeness (QED) is 0.357. The van der Waals surface area contributed by atoms with Crippen LogP contribution in [0.3, 0.4) is 0 Å². The van der Waals surface area contributed by atoms with Gasteiger partial charge in [0.25, 0.3) is 0 Å². The van der Waals surface area contributed by atoms with Crippen molar-refractivity contribution in [2.24, 2.45) is 5.92 Å². The van der Waals surface area contributed by atoms with Crippen LogP contribution in [0.4, 0.5) is 5.82 Å². The minimum atomic E-state index is 0.0342. The van der Waals surface area contributed by atoms with Crippen molar-refractivity contribution in [3.63, 3.8) is 0 Å². The Hall–Kier alpha value is -3.80. The Morgan fingerprint density at radius 3 is 2.14 bits per heavy atom. The molecule has 2 aromatic heterocycles. The topological polar surface area (TPSA) is 55.1 Å². The fourth-order valence-corrected chi connectivity index (χ4v) is 5.47. The third-order valence-corrected chi connectivity index (χ3v) is 7.62. The molecule has 1 amide bonds. The van der Waals surface area contributed by atoms with Gasteiger partial charge in [0.15, 0.2) is 5.82 Å². The molecule has 1 aliphatic rings. The molecule has 192 valence electrons. The molecule has 3 heterocycles. The van der Waals surface area contributed by atoms with Crippen LogP contribution >= 0.6 is 0 Å². The monoisotopic (exact) mass is 495 g/mol. The maximum absolute atomic E-state index is 13.1. The fraction of sp³-hybridized carbons (Fsp3) is 0.355. The Balaban J connectivity index is 1.35. The predicted octanol–water partition coefficient (Wildman–Crippen LogP) is 5.72. The van der Waals surface area contributed by atoms with E-state index in [4.69, 9.17) is 5.10 Å². The van der Waals surface area contributed by atoms with Crippen molar-refractivity contribution >= 4 is 11.7 Å². The number of piperidine rings is 1. The summed E-state index contributed by atoms with van der Waals surface area (Å²) in [5, 5.41) is 8.22. The Kier molecular flexibility index (Phi) is 7.17. The number of carbonyl (C=O) groups is 1. The van der Waals surface area contributed by atoms with Crippen LogP contribution in [-0.4, -0.2) is 39.9 Å². The van der Waals surface area contributed by atoms with Crippen molar-refractivity contribution < 1.29 is 4.79 Å². The number of anilines is 1. The molecule has 1 fully saturated rings. The van der Waals surface area contributed by atoms with Gasteiger partial charge in [0.05, 0.1) is 11.4 Å². The first-order valence-corrected chi connectivity index (χ1v) is 13.3. The first-order valence-electron chi connectivity index (χ1n) is 13.3. The second-order valence-corrected chi connectivity index (χ2v) is 10.3. The average molecular weight is 496 g/mol. The van der Waals surface area contributed by atoms with Gasteiger partial charge in [-0.05, 0) is 69.4 Å². The molecule has 6 nitrogen and oxygen atoms in total. The van der Waals surface area contributed by atoms with Crippen molar-refractivity contribution in [2.75, 3.05) is 24.5 Å². The van der Waals surface area contributed by atoms with Gasteiger partial charge in [0.2, 0.25) is 5.91 Å². The van der Waals surface area contributed by atoms with Crippen molar-refractivity contribution in [3.8, 4) is 11.4 Å². The summed E-state index contributed by atoms with van der Waals surface area (Å²) >= 11 is 0. The maximum Gasteiger partial charge on any atom is 0.223 e. The minimum absolute atomic E-state index is 0.0342. The number of benzene rings is 2. The fourth-order valence-electron chi connectivity index (χ4n) is 5.47. The van der Waals surface area contributed by atoms with Crippen LogP contribution in [0.25, 0.3) is 11.4 Å². The SMILES string of the molecule is Cc1nn(-c2ccccc2)c(N2CCC(C(=O)NCC(C)c3ccccc3)CC2)c1-n1c(C)ccc1C. The number of hydrogen-bond donors (Lipinski definition) is 1. The summed E-state index contributed by atoms with van der Waals surface area (Å²) in [4.78, 5) is 15.5. The Morgan fingerprint density at radius 2 is 1.51 bits per heavy atom. The van der Waals surface area contributed by atoms with Crippen molar-refractivity contribution in [2.45, 2.75) is 46.5 Å². The summed E-state index contributed by atoms with van der Waals surface area (Å²) in [5.74, 6) is 1.60. The highest BCUT2D eigenvalue weighted by Crippen LogP contribution is 2.35. The molecule has 0 bridgehead atoms. The molecule has 1 saturated heterocycles. The van der Waals surface area contributed by atoms with E-state index < -0.39 is 0 Å². The molecule has 37 heavy (non-hydrogen) atoms. The third-order valence-electron chi connectivity index (χ3n) is 7.62. The lowest BCUT2D eigenvalue weighted by molar-refractivity contribution is -0.125. The van der Waals surface area contributed by atoms with E-state index >= 15 is 0 Å². The van der Waals surface area contributed by atoms with Crippen molar-refractivity contribution in [3.05, 3.63) is 95.4 Å². The maximum atomic E-state index is 13.1. The lowest BCUT2D eigenvalue weighted by Gasteiger charge is -2.34. The molecule has 1 N–H and O–H groups in total. The van der Waals surface area contributed by atoms with E-state index in [-0.39, 0.29) is 11.8 Å². The predicted molar refractivity (Wildman–Crippen MR) is 150 cm³/mol. The van der Waals surface area contributed by atoms with Gasteiger partial charge in [-0.15, -0.1) is 0 Å². The van der Waals surface area contributed by atoms with E-state index in [1.54, 1.807) is 0 Å². The zero-order valence-electron chi connectivity index (χ0n) is 22.3. The van der Waals surface area contributed by atoms with Gasteiger partial charge >= 0.3 is 0 Å². The Morgan fingerprint density at radius 1 is 0.919 bits per heavy atom. The van der Waals surface area contributed by atoms with E-state index in [1.807, 2.05) is 12.1 Å². The van der Waals surface area contributed by atoms with E-state index in [0.717, 1.165) is 48.8 Å². The Bertz CT molecular complexity index is 1330. The molecular weight excluding hydrogens is 458 g/mol. The highest BCUT2D eigenvalue weighted by molar-refractivity contribution is 5.79. The number of nitrogens with one attached hydrogen (secondary N) is 1. The van der Waals surface area contributed by atoms with Gasteiger partial charge in [-0.2, -0.15) is 5.10 Å². The molecule has 1 unspecified atom stereocenters. The van der Waals surface area contributed by atoms with Crippen LogP contribution in [-0.2, 0) is 4.79 Å². The molecule has 0 spiro atoms. The second-order valence-electron chi connectivity index (χ2n) is 10.3. The van der Waals surface area contributed by atoms with Crippen molar-refractivity contribution in [1.29, 1.82) is 0 Å². The summed E-state index contributed by atoms with van der Waals surface area (Å²) in [6.45, 7) is 10.8. The number of carbonyl (C=O) groups excluding carboxylic acids is 1. The van der Waals surface area contributed by atoms with Crippen LogP contribution in [0.2, 0.25) is 0 Å². The zero-order valence-corrected chi connectivity index (χ0v) is 22.3. The smallest absolute Gasteiger partial charge is 0.223 e. The summed E-state index contributed by atoms with van der Waals surface area (Å²) < 4.78 is 4.38. The van der Waals surface area contributed by atoms with Gasteiger partial charge in [-0.1, -0.05) is 55.5 Å². The number of para-hydroxylation sites is 1. The zero-order chi connectivity index (χ0) is 25.9. The number of aromatic nitrogens is 3. The highest BCUT2D eigenvalue weighted by Gasteiger charge is 2.30. The van der Waals surface area contributed by atoms with E-state index in [2.05, 4.69) is 108 Å². The lowest BCUT2D eigenvalue weighted by atomic mass is 9.95. The van der Waals surface area contributed by atoms with E-state index in [9.17, 15) is 4.79 Å². The summed E-state index contributed by atoms with van der Waals surface area (Å²) in [7, 11) is 0. The molecule has 5 rings (SSSR count). The number of nitrogens with zero attached hydrogens (tertiary/aromatic N) is 4. The third kappa shape index (κ3) is 5.06. The van der Waals surface area contributed by atoms with E-state index in [1.165, 1.54) is 17.0 Å². The molecular formula is C31H37N5O. The normalized spacial score (nSPS) is 15.1. The number of aryl methyl sites for hydroxylation is 3. The van der Waals surface area contributed by atoms with Gasteiger partial charge < -0.3 is 14.8 Å². The van der Waals surface area contributed by atoms with Crippen LogP contribution < -0.4 is 10.2 Å². The number of hydrogen-bond acceptors (Lipinski definition) is 3. The molecule has 1 aliphatic heterocycles. The van der Waals surface area contributed by atoms with Gasteiger partial charge in [-0.3, -0.25) is 4.79 Å². The average Bonchev–Trinajstić information content (AvgIpc) is 3.45. The largest absolute Gasteiger partial charge is 0.355 e. The van der Waals surface area contributed by atoms with Crippen LogP contribution in [0.1, 0.15) is 48.3 Å². The molecule has 0 saturated carbocycles. The highest BCUT2D eigenvalue weighted by atomic mass is 16.1. The summed E-state index contributed by atoms with van der Waals surface area (Å²) in [6.07, 6.45) is 1.65. The van der Waals surface area contributed by atoms with Gasteiger partial charge in [0.1, 0.15) is 5.69 Å². The van der Waals surface area contributed by atoms with Crippen LogP contribution in [0.15, 0.2) is 72.8 Å². The molecule has 6 heteroatoms.